The summed E-state index contributed by atoms with van der Waals surface area (Å²) in [4.78, 5) is 0. The maximum absolute atomic E-state index is 11.6. The number of ether oxygens (including phenoxy) is 1. The molecular weight excluding hydrogens is 312 g/mol. The molecule has 2 aliphatic rings. The number of aryl methyl sites for hydroxylation is 1. The second-order valence-corrected chi connectivity index (χ2v) is 8.66. The van der Waals surface area contributed by atoms with Crippen LogP contribution in [0, 0.1) is 0 Å². The van der Waals surface area contributed by atoms with Gasteiger partial charge in [0.15, 0.2) is 0 Å². The van der Waals surface area contributed by atoms with Gasteiger partial charge in [-0.25, -0.2) is 12.7 Å². The molecule has 23 heavy (non-hydrogen) atoms. The van der Waals surface area contributed by atoms with Gasteiger partial charge in [0.05, 0.1) is 13.4 Å². The maximum atomic E-state index is 11.6. The summed E-state index contributed by atoms with van der Waals surface area (Å²) in [7, 11) is -1.33. The molecule has 0 aromatic heterocycles. The van der Waals surface area contributed by atoms with E-state index in [0.29, 0.717) is 25.2 Å². The van der Waals surface area contributed by atoms with E-state index in [4.69, 9.17) is 4.74 Å². The number of fused-ring (bicyclic) bond motifs is 1. The molecule has 1 aliphatic carbocycles. The van der Waals surface area contributed by atoms with Crippen molar-refractivity contribution >= 4 is 10.0 Å². The van der Waals surface area contributed by atoms with E-state index in [-0.39, 0.29) is 0 Å². The summed E-state index contributed by atoms with van der Waals surface area (Å²) in [6.07, 6.45) is 6.36. The smallest absolute Gasteiger partial charge is 0.211 e. The van der Waals surface area contributed by atoms with E-state index < -0.39 is 10.0 Å². The van der Waals surface area contributed by atoms with Crippen molar-refractivity contribution < 1.29 is 13.2 Å². The lowest BCUT2D eigenvalue weighted by Crippen LogP contribution is -2.48. The first-order valence-electron chi connectivity index (χ1n) is 8.32. The van der Waals surface area contributed by atoms with Gasteiger partial charge in [0.25, 0.3) is 0 Å². The molecule has 1 N–H and O–H groups in total. The highest BCUT2D eigenvalue weighted by molar-refractivity contribution is 7.88. The summed E-state index contributed by atoms with van der Waals surface area (Å²) in [5.74, 6) is 0.922. The van der Waals surface area contributed by atoms with Gasteiger partial charge >= 0.3 is 0 Å². The third-order valence-corrected chi connectivity index (χ3v) is 6.34. The van der Waals surface area contributed by atoms with Crippen molar-refractivity contribution in [3.05, 3.63) is 29.3 Å². The lowest BCUT2D eigenvalue weighted by Gasteiger charge is -2.35. The number of hydrogen-bond acceptors (Lipinski definition) is 4. The molecule has 0 saturated carbocycles. The molecule has 0 radical (unpaired) electrons. The average molecular weight is 338 g/mol. The van der Waals surface area contributed by atoms with Crippen LogP contribution >= 0.6 is 0 Å². The Bertz CT molecular complexity index is 652. The molecule has 1 aliphatic heterocycles. The third kappa shape index (κ3) is 4.05. The Kier molecular flexibility index (Phi) is 4.94. The van der Waals surface area contributed by atoms with E-state index >= 15 is 0 Å². The van der Waals surface area contributed by atoms with Gasteiger partial charge in [-0.2, -0.15) is 0 Å². The summed E-state index contributed by atoms with van der Waals surface area (Å²) in [5.41, 5.74) is 2.80. The van der Waals surface area contributed by atoms with Crippen LogP contribution in [0.3, 0.4) is 0 Å². The Hall–Kier alpha value is -1.11. The van der Waals surface area contributed by atoms with Crippen LogP contribution in [0.5, 0.6) is 5.75 Å². The Labute approximate surface area is 139 Å². The first kappa shape index (κ1) is 16.7. The number of methoxy groups -OCH3 is 1. The van der Waals surface area contributed by atoms with Crippen LogP contribution in [-0.4, -0.2) is 51.3 Å². The molecule has 1 aromatic rings. The van der Waals surface area contributed by atoms with Gasteiger partial charge in [-0.15, -0.1) is 0 Å². The van der Waals surface area contributed by atoms with Crippen LogP contribution in [0.25, 0.3) is 0 Å². The number of hydrogen-bond donors (Lipinski definition) is 1. The normalized spacial score (nSPS) is 23.5. The van der Waals surface area contributed by atoms with E-state index in [1.165, 1.54) is 17.4 Å². The minimum absolute atomic E-state index is 0.421. The molecule has 3 rings (SSSR count). The molecule has 1 unspecified atom stereocenters. The molecule has 0 spiro atoms. The van der Waals surface area contributed by atoms with E-state index in [0.717, 1.165) is 37.9 Å². The highest BCUT2D eigenvalue weighted by Crippen LogP contribution is 2.26. The second kappa shape index (κ2) is 6.79. The first-order chi connectivity index (χ1) is 11.0. The van der Waals surface area contributed by atoms with Gasteiger partial charge in [0, 0.05) is 25.2 Å². The summed E-state index contributed by atoms with van der Waals surface area (Å²) in [6, 6.07) is 7.26. The van der Waals surface area contributed by atoms with Crippen LogP contribution in [0.2, 0.25) is 0 Å². The molecule has 128 valence electrons. The number of nitrogens with one attached hydrogen (secondary N) is 1. The largest absolute Gasteiger partial charge is 0.497 e. The molecule has 1 aromatic carbocycles. The van der Waals surface area contributed by atoms with Crippen LogP contribution in [0.15, 0.2) is 18.2 Å². The standard InChI is InChI=1S/C17H26N2O3S/c1-22-17-6-4-13-3-5-16(11-14(13)12-17)18-15-7-9-19(10-8-15)23(2,20)21/h4,6,12,15-16,18H,3,5,7-11H2,1-2H3. The van der Waals surface area contributed by atoms with Crippen molar-refractivity contribution in [2.24, 2.45) is 0 Å². The topological polar surface area (TPSA) is 58.6 Å². The molecule has 1 fully saturated rings. The van der Waals surface area contributed by atoms with E-state index in [1.807, 2.05) is 6.07 Å². The fraction of sp³-hybridized carbons (Fsp3) is 0.647. The highest BCUT2D eigenvalue weighted by atomic mass is 32.2. The predicted octanol–water partition coefficient (Wildman–Crippen LogP) is 1.57. The van der Waals surface area contributed by atoms with E-state index in [9.17, 15) is 8.42 Å². The van der Waals surface area contributed by atoms with Crippen LogP contribution in [0.1, 0.15) is 30.4 Å². The Morgan fingerprint density at radius 1 is 1.13 bits per heavy atom. The zero-order chi connectivity index (χ0) is 16.4. The van der Waals surface area contributed by atoms with Gasteiger partial charge in [-0.1, -0.05) is 6.07 Å². The number of sulfonamides is 1. The lowest BCUT2D eigenvalue weighted by molar-refractivity contribution is 0.267. The monoisotopic (exact) mass is 338 g/mol. The van der Waals surface area contributed by atoms with Gasteiger partial charge in [-0.3, -0.25) is 0 Å². The van der Waals surface area contributed by atoms with Crippen molar-refractivity contribution in [2.45, 2.75) is 44.2 Å². The molecule has 0 amide bonds. The summed E-state index contributed by atoms with van der Waals surface area (Å²) in [5, 5.41) is 3.75. The molecule has 1 atom stereocenters. The van der Waals surface area contributed by atoms with Gasteiger partial charge < -0.3 is 10.1 Å². The molecule has 5 nitrogen and oxygen atoms in total. The molecule has 1 saturated heterocycles. The van der Waals surface area contributed by atoms with Crippen LogP contribution < -0.4 is 10.1 Å². The van der Waals surface area contributed by atoms with Crippen molar-refractivity contribution in [3.63, 3.8) is 0 Å². The highest BCUT2D eigenvalue weighted by Gasteiger charge is 2.27. The molecule has 1 heterocycles. The van der Waals surface area contributed by atoms with Gasteiger partial charge in [0.1, 0.15) is 5.75 Å². The number of nitrogens with zero attached hydrogens (tertiary/aromatic N) is 1. The van der Waals surface area contributed by atoms with Crippen molar-refractivity contribution in [1.82, 2.24) is 9.62 Å². The van der Waals surface area contributed by atoms with Crippen molar-refractivity contribution in [2.75, 3.05) is 26.5 Å². The maximum Gasteiger partial charge on any atom is 0.211 e. The zero-order valence-electron chi connectivity index (χ0n) is 13.9. The summed E-state index contributed by atoms with van der Waals surface area (Å²) in [6.45, 7) is 1.27. The minimum atomic E-state index is -3.04. The fourth-order valence-corrected chi connectivity index (χ4v) is 4.56. The van der Waals surface area contributed by atoms with E-state index in [1.54, 1.807) is 11.4 Å². The van der Waals surface area contributed by atoms with Gasteiger partial charge in [-0.05, 0) is 55.4 Å². The Balaban J connectivity index is 1.56. The van der Waals surface area contributed by atoms with Gasteiger partial charge in [0.2, 0.25) is 10.0 Å². The predicted molar refractivity (Wildman–Crippen MR) is 91.4 cm³/mol. The molecule has 0 bridgehead atoms. The Morgan fingerprint density at radius 2 is 1.87 bits per heavy atom. The van der Waals surface area contributed by atoms with Crippen LogP contribution in [0.4, 0.5) is 0 Å². The minimum Gasteiger partial charge on any atom is -0.497 e. The number of rotatable bonds is 4. The molecule has 6 heteroatoms. The fourth-order valence-electron chi connectivity index (χ4n) is 3.69. The SMILES string of the molecule is COc1ccc2c(c1)CC(NC1CCN(S(C)(=O)=O)CC1)CC2. The zero-order valence-corrected chi connectivity index (χ0v) is 14.7. The summed E-state index contributed by atoms with van der Waals surface area (Å²) >= 11 is 0. The Morgan fingerprint density at radius 3 is 2.52 bits per heavy atom. The van der Waals surface area contributed by atoms with Crippen molar-refractivity contribution in [1.29, 1.82) is 0 Å². The quantitative estimate of drug-likeness (QED) is 0.905. The third-order valence-electron chi connectivity index (χ3n) is 5.04. The molecular formula is C17H26N2O3S. The van der Waals surface area contributed by atoms with Crippen molar-refractivity contribution in [3.8, 4) is 5.75 Å². The second-order valence-electron chi connectivity index (χ2n) is 6.68. The summed E-state index contributed by atoms with van der Waals surface area (Å²) < 4.78 is 30.1. The number of piperidine rings is 1. The van der Waals surface area contributed by atoms with Crippen LogP contribution in [-0.2, 0) is 22.9 Å². The van der Waals surface area contributed by atoms with E-state index in [2.05, 4.69) is 17.4 Å². The number of benzene rings is 1. The first-order valence-corrected chi connectivity index (χ1v) is 10.2. The average Bonchev–Trinajstić information content (AvgIpc) is 2.54. The lowest BCUT2D eigenvalue weighted by atomic mass is 9.87.